The lowest BCUT2D eigenvalue weighted by Gasteiger charge is -2.24. The zero-order valence-electron chi connectivity index (χ0n) is 10.3. The molecule has 0 aliphatic carbocycles. The van der Waals surface area contributed by atoms with Gasteiger partial charge < -0.3 is 15.8 Å². The van der Waals surface area contributed by atoms with Crippen LogP contribution in [0.4, 0.5) is 5.69 Å². The topological polar surface area (TPSA) is 61.8 Å². The maximum atomic E-state index is 8.54. The molecule has 1 rings (SSSR count). The van der Waals surface area contributed by atoms with Crippen LogP contribution in [0.3, 0.4) is 0 Å². The molecular weight excluding hydrogens is 214 g/mol. The number of amidine groups is 1. The minimum atomic E-state index is 0.280. The van der Waals surface area contributed by atoms with Crippen molar-refractivity contribution >= 4 is 11.5 Å². The van der Waals surface area contributed by atoms with Crippen LogP contribution in [0.5, 0.6) is 0 Å². The summed E-state index contributed by atoms with van der Waals surface area (Å²) in [5.74, 6) is 0.280. The summed E-state index contributed by atoms with van der Waals surface area (Å²) in [5, 5.41) is 11.5. The van der Waals surface area contributed by atoms with E-state index in [9.17, 15) is 0 Å². The number of rotatable bonds is 7. The molecule has 0 fully saturated rings. The van der Waals surface area contributed by atoms with Gasteiger partial charge in [-0.2, -0.15) is 0 Å². The quantitative estimate of drug-likeness (QED) is 0.330. The van der Waals surface area contributed by atoms with Gasteiger partial charge >= 0.3 is 0 Å². The maximum absolute atomic E-state index is 8.54. The van der Waals surface area contributed by atoms with Crippen LogP contribution in [-0.2, 0) is 0 Å². The summed E-state index contributed by atoms with van der Waals surface area (Å²) in [6.45, 7) is 3.95. The Kier molecular flexibility index (Phi) is 5.93. The average Bonchev–Trinajstić information content (AvgIpc) is 2.39. The molecule has 0 atom stereocenters. The van der Waals surface area contributed by atoms with E-state index in [1.165, 1.54) is 5.69 Å². The Morgan fingerprint density at radius 3 is 2.59 bits per heavy atom. The Morgan fingerprint density at radius 1 is 1.29 bits per heavy atom. The van der Waals surface area contributed by atoms with E-state index in [1.54, 1.807) is 0 Å². The molecule has 0 amide bonds. The number of oxime groups is 1. The Hall–Kier alpha value is -1.71. The SMILES string of the molecule is CCCCN(CC/C(N)=N/O)c1ccccc1. The van der Waals surface area contributed by atoms with Gasteiger partial charge in [0.05, 0.1) is 0 Å². The van der Waals surface area contributed by atoms with Crippen molar-refractivity contribution in [1.82, 2.24) is 0 Å². The first-order valence-electron chi connectivity index (χ1n) is 6.04. The summed E-state index contributed by atoms with van der Waals surface area (Å²) >= 11 is 0. The van der Waals surface area contributed by atoms with Crippen molar-refractivity contribution in [3.63, 3.8) is 0 Å². The predicted molar refractivity (Wildman–Crippen MR) is 71.6 cm³/mol. The van der Waals surface area contributed by atoms with E-state index in [-0.39, 0.29) is 5.84 Å². The summed E-state index contributed by atoms with van der Waals surface area (Å²) in [5.41, 5.74) is 6.69. The lowest BCUT2D eigenvalue weighted by Crippen LogP contribution is -2.29. The van der Waals surface area contributed by atoms with Crippen molar-refractivity contribution in [2.24, 2.45) is 10.9 Å². The number of hydrogen-bond acceptors (Lipinski definition) is 3. The molecule has 0 aliphatic heterocycles. The highest BCUT2D eigenvalue weighted by Gasteiger charge is 2.06. The molecule has 0 saturated heterocycles. The highest BCUT2D eigenvalue weighted by molar-refractivity contribution is 5.80. The molecule has 0 spiro atoms. The normalized spacial score (nSPS) is 11.5. The minimum absolute atomic E-state index is 0.280. The van der Waals surface area contributed by atoms with Gasteiger partial charge in [-0.25, -0.2) is 0 Å². The molecule has 0 radical (unpaired) electrons. The van der Waals surface area contributed by atoms with Crippen LogP contribution < -0.4 is 10.6 Å². The molecule has 17 heavy (non-hydrogen) atoms. The van der Waals surface area contributed by atoms with Gasteiger partial charge in [0.2, 0.25) is 0 Å². The molecular formula is C13H21N3O. The molecule has 0 saturated carbocycles. The van der Waals surface area contributed by atoms with Gasteiger partial charge in [0.25, 0.3) is 0 Å². The molecule has 3 N–H and O–H groups in total. The molecule has 0 heterocycles. The lowest BCUT2D eigenvalue weighted by atomic mass is 10.2. The standard InChI is InChI=1S/C13H21N3O/c1-2-3-10-16(11-9-13(14)15-17)12-7-5-4-6-8-12/h4-8,17H,2-3,9-11H2,1H3,(H2,14,15). The second kappa shape index (κ2) is 7.54. The summed E-state index contributed by atoms with van der Waals surface area (Å²) in [6, 6.07) is 10.2. The van der Waals surface area contributed by atoms with E-state index in [0.717, 1.165) is 25.9 Å². The van der Waals surface area contributed by atoms with Gasteiger partial charge in [-0.1, -0.05) is 36.7 Å². The predicted octanol–water partition coefficient (Wildman–Crippen LogP) is 2.43. The highest BCUT2D eigenvalue weighted by Crippen LogP contribution is 2.14. The third kappa shape index (κ3) is 4.76. The van der Waals surface area contributed by atoms with Crippen molar-refractivity contribution in [2.45, 2.75) is 26.2 Å². The van der Waals surface area contributed by atoms with Gasteiger partial charge in [0.1, 0.15) is 5.84 Å². The molecule has 1 aromatic rings. The van der Waals surface area contributed by atoms with Crippen molar-refractivity contribution < 1.29 is 5.21 Å². The number of anilines is 1. The molecule has 0 aromatic heterocycles. The Morgan fingerprint density at radius 2 is 2.00 bits per heavy atom. The number of benzene rings is 1. The van der Waals surface area contributed by atoms with Gasteiger partial charge in [0, 0.05) is 25.2 Å². The third-order valence-corrected chi connectivity index (χ3v) is 2.67. The van der Waals surface area contributed by atoms with Crippen LogP contribution in [-0.4, -0.2) is 24.1 Å². The second-order valence-corrected chi connectivity index (χ2v) is 4.02. The van der Waals surface area contributed by atoms with Crippen molar-refractivity contribution in [2.75, 3.05) is 18.0 Å². The van der Waals surface area contributed by atoms with Crippen LogP contribution in [0.2, 0.25) is 0 Å². The molecule has 4 nitrogen and oxygen atoms in total. The van der Waals surface area contributed by atoms with E-state index in [0.29, 0.717) is 6.42 Å². The van der Waals surface area contributed by atoms with Gasteiger partial charge in [0.15, 0.2) is 0 Å². The first-order chi connectivity index (χ1) is 8.27. The second-order valence-electron chi connectivity index (χ2n) is 4.02. The first-order valence-corrected chi connectivity index (χ1v) is 6.04. The van der Waals surface area contributed by atoms with Gasteiger partial charge in [-0.3, -0.25) is 0 Å². The number of para-hydroxylation sites is 1. The molecule has 0 bridgehead atoms. The molecule has 4 heteroatoms. The largest absolute Gasteiger partial charge is 0.409 e. The van der Waals surface area contributed by atoms with Crippen LogP contribution >= 0.6 is 0 Å². The first kappa shape index (κ1) is 13.4. The number of nitrogens with two attached hydrogens (primary N) is 1. The minimum Gasteiger partial charge on any atom is -0.409 e. The van der Waals surface area contributed by atoms with Gasteiger partial charge in [-0.15, -0.1) is 0 Å². The van der Waals surface area contributed by atoms with E-state index in [2.05, 4.69) is 29.1 Å². The van der Waals surface area contributed by atoms with E-state index in [1.807, 2.05) is 18.2 Å². The fraction of sp³-hybridized carbons (Fsp3) is 0.462. The number of nitrogens with zero attached hydrogens (tertiary/aromatic N) is 2. The van der Waals surface area contributed by atoms with E-state index < -0.39 is 0 Å². The zero-order chi connectivity index (χ0) is 12.5. The van der Waals surface area contributed by atoms with Crippen LogP contribution in [0.15, 0.2) is 35.5 Å². The molecule has 0 aliphatic rings. The van der Waals surface area contributed by atoms with Crippen LogP contribution in [0.1, 0.15) is 26.2 Å². The smallest absolute Gasteiger partial charge is 0.140 e. The molecule has 94 valence electrons. The van der Waals surface area contributed by atoms with Crippen molar-refractivity contribution in [3.8, 4) is 0 Å². The van der Waals surface area contributed by atoms with Crippen molar-refractivity contribution in [3.05, 3.63) is 30.3 Å². The number of unbranched alkanes of at least 4 members (excludes halogenated alkanes) is 1. The summed E-state index contributed by atoms with van der Waals surface area (Å²) in [6.07, 6.45) is 2.88. The molecule has 0 unspecified atom stereocenters. The monoisotopic (exact) mass is 235 g/mol. The lowest BCUT2D eigenvalue weighted by molar-refractivity contribution is 0.317. The highest BCUT2D eigenvalue weighted by atomic mass is 16.4. The Bertz CT molecular complexity index is 338. The number of hydrogen-bond donors (Lipinski definition) is 2. The summed E-state index contributed by atoms with van der Waals surface area (Å²) < 4.78 is 0. The fourth-order valence-electron chi connectivity index (χ4n) is 1.66. The van der Waals surface area contributed by atoms with E-state index in [4.69, 9.17) is 10.9 Å². The zero-order valence-corrected chi connectivity index (χ0v) is 10.3. The van der Waals surface area contributed by atoms with E-state index >= 15 is 0 Å². The maximum Gasteiger partial charge on any atom is 0.140 e. The van der Waals surface area contributed by atoms with Gasteiger partial charge in [-0.05, 0) is 18.6 Å². The Labute approximate surface area is 103 Å². The summed E-state index contributed by atoms with van der Waals surface area (Å²) in [4.78, 5) is 2.27. The summed E-state index contributed by atoms with van der Waals surface area (Å²) in [7, 11) is 0. The van der Waals surface area contributed by atoms with Crippen LogP contribution in [0, 0.1) is 0 Å². The Balaban J connectivity index is 2.61. The van der Waals surface area contributed by atoms with Crippen LogP contribution in [0.25, 0.3) is 0 Å². The molecule has 1 aromatic carbocycles. The fourth-order valence-corrected chi connectivity index (χ4v) is 1.66. The van der Waals surface area contributed by atoms with Crippen molar-refractivity contribution in [1.29, 1.82) is 0 Å². The average molecular weight is 235 g/mol. The third-order valence-electron chi connectivity index (χ3n) is 2.67.